The van der Waals surface area contributed by atoms with Crippen molar-refractivity contribution in [3.8, 4) is 145 Å². The fourth-order valence-corrected chi connectivity index (χ4v) is 11.5. The number of hydrogen-bond donors (Lipinski definition) is 0. The third kappa shape index (κ3) is 11.3. The van der Waals surface area contributed by atoms with Gasteiger partial charge in [-0.05, 0) is 120 Å². The molecule has 3 heterocycles. The van der Waals surface area contributed by atoms with Crippen LogP contribution in [0.5, 0.6) is 0 Å². The maximum absolute atomic E-state index is 4.84. The van der Waals surface area contributed by atoms with Gasteiger partial charge in [0.25, 0.3) is 0 Å². The van der Waals surface area contributed by atoms with E-state index >= 15 is 0 Å². The van der Waals surface area contributed by atoms with Crippen LogP contribution in [0.1, 0.15) is 0 Å². The van der Waals surface area contributed by atoms with Crippen LogP contribution in [0.25, 0.3) is 145 Å². The summed E-state index contributed by atoms with van der Waals surface area (Å²) in [4.78, 5) is 14.3. The summed E-state index contributed by atoms with van der Waals surface area (Å²) in [7, 11) is 0. The van der Waals surface area contributed by atoms with Crippen molar-refractivity contribution in [2.75, 3.05) is 0 Å². The molecule has 0 radical (unpaired) electrons. The fraction of sp³-hybridized carbons (Fsp3) is 0. The Kier molecular flexibility index (Phi) is 15.5. The van der Waals surface area contributed by atoms with Gasteiger partial charge in [-0.25, -0.2) is 0 Å². The van der Waals surface area contributed by atoms with Gasteiger partial charge in [-0.15, -0.1) is 77.4 Å². The van der Waals surface area contributed by atoms with Gasteiger partial charge in [0.15, 0.2) is 0 Å². The molecule has 400 valence electrons. The van der Waals surface area contributed by atoms with Gasteiger partial charge in [0.2, 0.25) is 0 Å². The van der Waals surface area contributed by atoms with E-state index in [0.29, 0.717) is 0 Å². The predicted molar refractivity (Wildman–Crippen MR) is 347 cm³/mol. The Morgan fingerprint density at radius 1 is 0.188 bits per heavy atom. The van der Waals surface area contributed by atoms with Gasteiger partial charge in [0, 0.05) is 18.6 Å². The van der Waals surface area contributed by atoms with Crippen LogP contribution in [0, 0.1) is 18.2 Å². The standard InChI is InChI=1S/C81H52N3.Ir/c1-4-20-56(21-5-1)57-34-36-58(37-35-57)63-46-49-84-81(55-63)62-40-38-61(39-41-62)69-26-10-11-27-70(69)66-50-67(71-28-12-14-30-73(71)75-44-42-64(79-32-16-18-47-82-79)53-77(75)59-22-6-2-7-23-59)52-68(51-66)72-29-13-15-31-74(72)76-45-43-65(80-33-17-19-48-83-80)54-78(76)60-24-8-3-9-25-60;/h1-40,44-55H;/q-3;+3. The van der Waals surface area contributed by atoms with Crippen LogP contribution in [-0.4, -0.2) is 15.0 Å². The molecule has 0 aliphatic heterocycles. The van der Waals surface area contributed by atoms with E-state index in [1.807, 2.05) is 61.1 Å². The smallest absolute Gasteiger partial charge is 0.305 e. The Balaban J connectivity index is 0.00000672. The molecular weight excluding hydrogens is 1210 g/mol. The molecule has 0 N–H and O–H groups in total. The van der Waals surface area contributed by atoms with Crippen molar-refractivity contribution in [1.29, 1.82) is 0 Å². The van der Waals surface area contributed by atoms with E-state index < -0.39 is 0 Å². The van der Waals surface area contributed by atoms with Crippen molar-refractivity contribution in [2.24, 2.45) is 0 Å². The molecule has 11 aromatic carbocycles. The zero-order valence-electron chi connectivity index (χ0n) is 46.2. The van der Waals surface area contributed by atoms with Crippen molar-refractivity contribution in [1.82, 2.24) is 15.0 Å². The second-order valence-electron chi connectivity index (χ2n) is 20.8. The Bertz CT molecular complexity index is 4420. The maximum Gasteiger partial charge on any atom is 3.00 e. The number of pyridine rings is 3. The molecular formula is C81H52IrN3. The van der Waals surface area contributed by atoms with E-state index in [9.17, 15) is 0 Å². The van der Waals surface area contributed by atoms with E-state index in [1.165, 1.54) is 11.1 Å². The molecule has 0 spiro atoms. The van der Waals surface area contributed by atoms with E-state index in [1.54, 1.807) is 0 Å². The molecule has 14 rings (SSSR count). The first-order chi connectivity index (χ1) is 41.6. The quantitative estimate of drug-likeness (QED) is 0.108. The second-order valence-corrected chi connectivity index (χ2v) is 20.8. The summed E-state index contributed by atoms with van der Waals surface area (Å²) >= 11 is 0. The summed E-state index contributed by atoms with van der Waals surface area (Å²) in [5.41, 5.74) is 27.6. The number of hydrogen-bond acceptors (Lipinski definition) is 3. The third-order valence-corrected chi connectivity index (χ3v) is 15.7. The van der Waals surface area contributed by atoms with E-state index in [4.69, 9.17) is 15.0 Å². The molecule has 0 atom stereocenters. The number of nitrogens with zero attached hydrogens (tertiary/aromatic N) is 3. The van der Waals surface area contributed by atoms with Gasteiger partial charge in [0.1, 0.15) is 0 Å². The van der Waals surface area contributed by atoms with E-state index in [2.05, 4.69) is 273 Å². The van der Waals surface area contributed by atoms with Crippen molar-refractivity contribution >= 4 is 0 Å². The molecule has 0 unspecified atom stereocenters. The molecule has 85 heavy (non-hydrogen) atoms. The fourth-order valence-electron chi connectivity index (χ4n) is 11.5. The molecule has 4 heteroatoms. The van der Waals surface area contributed by atoms with Gasteiger partial charge < -0.3 is 15.0 Å². The van der Waals surface area contributed by atoms with Crippen molar-refractivity contribution < 1.29 is 20.1 Å². The van der Waals surface area contributed by atoms with Crippen LogP contribution in [0.4, 0.5) is 0 Å². The maximum atomic E-state index is 4.84. The molecule has 0 aliphatic rings. The second kappa shape index (κ2) is 24.5. The minimum atomic E-state index is 0. The molecule has 0 amide bonds. The van der Waals surface area contributed by atoms with Crippen LogP contribution in [-0.2, 0) is 20.1 Å². The molecule has 0 fully saturated rings. The third-order valence-electron chi connectivity index (χ3n) is 15.7. The van der Waals surface area contributed by atoms with E-state index in [0.717, 1.165) is 134 Å². The summed E-state index contributed by atoms with van der Waals surface area (Å²) in [6.45, 7) is 0. The Morgan fingerprint density at radius 3 is 1.00 bits per heavy atom. The molecule has 0 saturated heterocycles. The molecule has 0 aliphatic carbocycles. The van der Waals surface area contributed by atoms with Gasteiger partial charge in [-0.2, -0.15) is 0 Å². The first kappa shape index (κ1) is 53.8. The van der Waals surface area contributed by atoms with Crippen LogP contribution in [0.15, 0.2) is 316 Å². The van der Waals surface area contributed by atoms with Crippen LogP contribution < -0.4 is 0 Å². The van der Waals surface area contributed by atoms with Gasteiger partial charge >= 0.3 is 20.1 Å². The predicted octanol–water partition coefficient (Wildman–Crippen LogP) is 20.9. The molecule has 0 bridgehead atoms. The Morgan fingerprint density at radius 2 is 0.553 bits per heavy atom. The molecule has 14 aromatic rings. The Labute approximate surface area is 510 Å². The summed E-state index contributed by atoms with van der Waals surface area (Å²) in [6, 6.07) is 116. The summed E-state index contributed by atoms with van der Waals surface area (Å²) in [5.74, 6) is 0. The zero-order chi connectivity index (χ0) is 56.0. The SMILES string of the molecule is [Ir+3].[c-]1cc(-c2ccccc2-c2cc(-c3ccccc3-c3c[c-]c(-c4ccccn4)cc3-c3ccccc3)cc(-c3ccccc3-c3c[c-]c(-c4ccccn4)cc3-c3ccccc3)c2)ccc1-c1cc(-c2ccc(-c3ccccc3)cc2)ccn1. The number of rotatable bonds is 13. The summed E-state index contributed by atoms with van der Waals surface area (Å²) in [6.07, 6.45) is 5.57. The Hall–Kier alpha value is -10.5. The average Bonchev–Trinajstić information content (AvgIpc) is 3.73. The normalized spacial score (nSPS) is 11.0. The van der Waals surface area contributed by atoms with Gasteiger partial charge in [-0.1, -0.05) is 263 Å². The first-order valence-corrected chi connectivity index (χ1v) is 28.3. The van der Waals surface area contributed by atoms with Crippen molar-refractivity contribution in [3.05, 3.63) is 334 Å². The zero-order valence-corrected chi connectivity index (χ0v) is 48.6. The topological polar surface area (TPSA) is 38.7 Å². The average molecular weight is 1260 g/mol. The number of aromatic nitrogens is 3. The van der Waals surface area contributed by atoms with Crippen LogP contribution >= 0.6 is 0 Å². The molecule has 3 nitrogen and oxygen atoms in total. The number of benzene rings is 11. The van der Waals surface area contributed by atoms with Crippen molar-refractivity contribution in [3.63, 3.8) is 0 Å². The van der Waals surface area contributed by atoms with Gasteiger partial charge in [0.05, 0.1) is 0 Å². The van der Waals surface area contributed by atoms with Gasteiger partial charge in [-0.3, -0.25) is 0 Å². The van der Waals surface area contributed by atoms with E-state index in [-0.39, 0.29) is 20.1 Å². The van der Waals surface area contributed by atoms with Crippen molar-refractivity contribution in [2.45, 2.75) is 0 Å². The largest absolute Gasteiger partial charge is 3.00 e. The monoisotopic (exact) mass is 1260 g/mol. The minimum absolute atomic E-state index is 0. The summed E-state index contributed by atoms with van der Waals surface area (Å²) < 4.78 is 0. The molecule has 3 aromatic heterocycles. The minimum Gasteiger partial charge on any atom is -0.305 e. The van der Waals surface area contributed by atoms with Crippen LogP contribution in [0.3, 0.4) is 0 Å². The summed E-state index contributed by atoms with van der Waals surface area (Å²) in [5, 5.41) is 0. The first-order valence-electron chi connectivity index (χ1n) is 28.3. The molecule has 0 saturated carbocycles. The van der Waals surface area contributed by atoms with Crippen LogP contribution in [0.2, 0.25) is 0 Å².